The first-order chi connectivity index (χ1) is 16.8. The van der Waals surface area contributed by atoms with E-state index >= 15 is 0 Å². The van der Waals surface area contributed by atoms with Gasteiger partial charge in [-0.3, -0.25) is 0 Å². The fourth-order valence-electron chi connectivity index (χ4n) is 5.74. The highest BCUT2D eigenvalue weighted by Gasteiger charge is 2.35. The summed E-state index contributed by atoms with van der Waals surface area (Å²) in [7, 11) is -0.521. The predicted molar refractivity (Wildman–Crippen MR) is 162 cm³/mol. The lowest BCUT2D eigenvalue weighted by atomic mass is 9.82. The molecule has 0 rings (SSSR count). The molecule has 0 aliphatic rings. The molecule has 0 saturated carbocycles. The Morgan fingerprint density at radius 1 is 0.543 bits per heavy atom. The Morgan fingerprint density at radius 2 is 0.857 bits per heavy atom. The number of rotatable bonds is 25. The molecule has 0 heterocycles. The average Bonchev–Trinajstić information content (AvgIpc) is 2.83. The molecular weight excluding hydrogens is 446 g/mol. The molecule has 0 aromatic rings. The Morgan fingerprint density at radius 3 is 1.11 bits per heavy atom. The van der Waals surface area contributed by atoms with Crippen molar-refractivity contribution < 1.29 is 4.43 Å². The van der Waals surface area contributed by atoms with Crippen LogP contribution < -0.4 is 0 Å². The Balaban J connectivity index is 6.01. The summed E-state index contributed by atoms with van der Waals surface area (Å²) in [6.45, 7) is 32.1. The Labute approximate surface area is 224 Å². The lowest BCUT2D eigenvalue weighted by Gasteiger charge is -2.45. The zero-order valence-corrected chi connectivity index (χ0v) is 27.3. The standard InChI is InChI=1S/C30H67N3OSi/c1-10-19-31(20-11-2)26-30(27-32(21-12-3)22-13-4,28-33(23-14-5)24-15-6)18-25-35-34-29(9,16-7)17-8/h10-28,35H2,1-9H3. The monoisotopic (exact) mass is 514 g/mol. The van der Waals surface area contributed by atoms with Gasteiger partial charge in [-0.1, -0.05) is 55.4 Å². The zero-order chi connectivity index (χ0) is 26.6. The minimum absolute atomic E-state index is 0.0955. The summed E-state index contributed by atoms with van der Waals surface area (Å²) in [6, 6.07) is 1.31. The first-order valence-corrected chi connectivity index (χ1v) is 17.2. The van der Waals surface area contributed by atoms with Crippen LogP contribution in [0.25, 0.3) is 0 Å². The summed E-state index contributed by atoms with van der Waals surface area (Å²) in [5.74, 6) is 0. The fourth-order valence-corrected chi connectivity index (χ4v) is 7.68. The van der Waals surface area contributed by atoms with Crippen molar-refractivity contribution >= 4 is 9.76 Å². The molecule has 0 amide bonds. The maximum absolute atomic E-state index is 6.62. The molecule has 0 spiro atoms. The van der Waals surface area contributed by atoms with Crippen molar-refractivity contribution in [3.8, 4) is 0 Å². The van der Waals surface area contributed by atoms with E-state index in [9.17, 15) is 0 Å². The SMILES string of the molecule is CCCN(CCC)CC(CC[SiH2]OC(C)(CC)CC)(CN(CCC)CCC)CN(CCC)CCC. The van der Waals surface area contributed by atoms with E-state index in [0.29, 0.717) is 5.41 Å². The molecule has 0 radical (unpaired) electrons. The van der Waals surface area contributed by atoms with Crippen molar-refractivity contribution in [2.45, 2.75) is 132 Å². The molecule has 0 aliphatic carbocycles. The Kier molecular flexibility index (Phi) is 21.1. The lowest BCUT2D eigenvalue weighted by Crippen LogP contribution is -2.52. The first-order valence-electron chi connectivity index (χ1n) is 15.6. The first kappa shape index (κ1) is 35.1. The van der Waals surface area contributed by atoms with Gasteiger partial charge in [0.1, 0.15) is 0 Å². The molecule has 0 aromatic carbocycles. The van der Waals surface area contributed by atoms with E-state index in [1.807, 2.05) is 0 Å². The van der Waals surface area contributed by atoms with Crippen LogP contribution in [0.5, 0.6) is 0 Å². The Bertz CT molecular complexity index is 409. The van der Waals surface area contributed by atoms with Gasteiger partial charge in [-0.05, 0) is 110 Å². The smallest absolute Gasteiger partial charge is 0.162 e. The van der Waals surface area contributed by atoms with E-state index in [1.165, 1.54) is 110 Å². The van der Waals surface area contributed by atoms with Crippen LogP contribution in [0.1, 0.15) is 120 Å². The van der Waals surface area contributed by atoms with Gasteiger partial charge in [-0.25, -0.2) is 0 Å². The van der Waals surface area contributed by atoms with Gasteiger partial charge in [-0.15, -0.1) is 0 Å². The van der Waals surface area contributed by atoms with E-state index in [4.69, 9.17) is 4.43 Å². The summed E-state index contributed by atoms with van der Waals surface area (Å²) in [5, 5.41) is 0. The summed E-state index contributed by atoms with van der Waals surface area (Å²) >= 11 is 0. The number of nitrogens with zero attached hydrogens (tertiary/aromatic N) is 3. The highest BCUT2D eigenvalue weighted by atomic mass is 28.2. The average molecular weight is 514 g/mol. The van der Waals surface area contributed by atoms with Crippen LogP contribution in [0.15, 0.2) is 0 Å². The largest absolute Gasteiger partial charge is 0.419 e. The second-order valence-corrected chi connectivity index (χ2v) is 12.8. The van der Waals surface area contributed by atoms with E-state index in [2.05, 4.69) is 77.0 Å². The summed E-state index contributed by atoms with van der Waals surface area (Å²) < 4.78 is 6.62. The Hall–Kier alpha value is 0.0569. The van der Waals surface area contributed by atoms with Crippen LogP contribution in [0, 0.1) is 5.41 Å². The lowest BCUT2D eigenvalue weighted by molar-refractivity contribution is 0.0460. The summed E-state index contributed by atoms with van der Waals surface area (Å²) in [5.41, 5.74) is 0.419. The molecule has 0 N–H and O–H groups in total. The van der Waals surface area contributed by atoms with Crippen LogP contribution >= 0.6 is 0 Å². The highest BCUT2D eigenvalue weighted by Crippen LogP contribution is 2.31. The molecule has 0 fully saturated rings. The van der Waals surface area contributed by atoms with Gasteiger partial charge in [0.05, 0.1) is 5.60 Å². The fraction of sp³-hybridized carbons (Fsp3) is 1.00. The zero-order valence-electron chi connectivity index (χ0n) is 25.9. The van der Waals surface area contributed by atoms with Crippen molar-refractivity contribution in [2.24, 2.45) is 5.41 Å². The predicted octanol–water partition coefficient (Wildman–Crippen LogP) is 6.83. The van der Waals surface area contributed by atoms with Gasteiger partial charge in [0.15, 0.2) is 9.76 Å². The number of hydrogen-bond donors (Lipinski definition) is 0. The maximum atomic E-state index is 6.62. The van der Waals surface area contributed by atoms with Crippen molar-refractivity contribution in [3.05, 3.63) is 0 Å². The van der Waals surface area contributed by atoms with Crippen molar-refractivity contribution in [1.82, 2.24) is 14.7 Å². The molecule has 5 heteroatoms. The van der Waals surface area contributed by atoms with Crippen molar-refractivity contribution in [2.75, 3.05) is 58.9 Å². The van der Waals surface area contributed by atoms with Crippen LogP contribution in [0.4, 0.5) is 0 Å². The van der Waals surface area contributed by atoms with Gasteiger partial charge in [-0.2, -0.15) is 0 Å². The van der Waals surface area contributed by atoms with Gasteiger partial charge >= 0.3 is 0 Å². The van der Waals surface area contributed by atoms with Crippen LogP contribution in [-0.2, 0) is 4.43 Å². The van der Waals surface area contributed by atoms with Crippen molar-refractivity contribution in [1.29, 1.82) is 0 Å². The molecule has 0 bridgehead atoms. The molecule has 212 valence electrons. The maximum Gasteiger partial charge on any atom is 0.162 e. The van der Waals surface area contributed by atoms with E-state index in [1.54, 1.807) is 0 Å². The van der Waals surface area contributed by atoms with Crippen molar-refractivity contribution in [3.63, 3.8) is 0 Å². The van der Waals surface area contributed by atoms with Crippen LogP contribution in [0.2, 0.25) is 6.04 Å². The molecule has 0 aliphatic heterocycles. The normalized spacial score (nSPS) is 13.4. The second-order valence-electron chi connectivity index (χ2n) is 11.4. The van der Waals surface area contributed by atoms with Gasteiger partial charge in [0.2, 0.25) is 0 Å². The minimum Gasteiger partial charge on any atom is -0.419 e. The third-order valence-corrected chi connectivity index (χ3v) is 9.26. The summed E-state index contributed by atoms with van der Waals surface area (Å²) in [4.78, 5) is 8.41. The highest BCUT2D eigenvalue weighted by molar-refractivity contribution is 6.27. The molecule has 0 unspecified atom stereocenters. The van der Waals surface area contributed by atoms with Gasteiger partial charge in [0, 0.05) is 25.0 Å². The molecule has 35 heavy (non-hydrogen) atoms. The minimum atomic E-state index is -0.521. The molecule has 0 aromatic heterocycles. The van der Waals surface area contributed by atoms with Crippen LogP contribution in [0.3, 0.4) is 0 Å². The van der Waals surface area contributed by atoms with Gasteiger partial charge in [0.25, 0.3) is 0 Å². The molecule has 0 saturated heterocycles. The van der Waals surface area contributed by atoms with E-state index in [0.717, 1.165) is 12.8 Å². The molecule has 0 atom stereocenters. The van der Waals surface area contributed by atoms with E-state index in [-0.39, 0.29) is 5.60 Å². The van der Waals surface area contributed by atoms with E-state index < -0.39 is 9.76 Å². The van der Waals surface area contributed by atoms with Crippen LogP contribution in [-0.4, -0.2) is 89.0 Å². The molecular formula is C30H67N3OSi. The summed E-state index contributed by atoms with van der Waals surface area (Å²) in [6.07, 6.45) is 11.1. The number of hydrogen-bond acceptors (Lipinski definition) is 4. The third-order valence-electron chi connectivity index (χ3n) is 7.71. The van der Waals surface area contributed by atoms with Gasteiger partial charge < -0.3 is 19.1 Å². The second kappa shape index (κ2) is 21.0. The third kappa shape index (κ3) is 15.2. The molecule has 4 nitrogen and oxygen atoms in total. The topological polar surface area (TPSA) is 19.0 Å². The quantitative estimate of drug-likeness (QED) is 0.0984.